The van der Waals surface area contributed by atoms with Crippen LogP contribution in [-0.4, -0.2) is 30.0 Å². The Labute approximate surface area is 133 Å². The van der Waals surface area contributed by atoms with E-state index < -0.39 is 0 Å². The summed E-state index contributed by atoms with van der Waals surface area (Å²) in [5, 5.41) is 16.6. The number of unbranched alkanes of at least 4 members (excludes halogenated alkanes) is 12. The summed E-state index contributed by atoms with van der Waals surface area (Å²) < 4.78 is 0. The molecular weight excluding hydrogens is 262 g/mol. The molecule has 0 atom stereocenters. The van der Waals surface area contributed by atoms with Crippen LogP contribution in [0.3, 0.4) is 0 Å². The van der Waals surface area contributed by atoms with Crippen molar-refractivity contribution in [2.45, 2.75) is 96.8 Å². The first-order valence-corrected chi connectivity index (χ1v) is 9.25. The molecule has 0 aromatic rings. The van der Waals surface area contributed by atoms with E-state index >= 15 is 0 Å². The van der Waals surface area contributed by atoms with Crippen molar-refractivity contribution in [3.63, 3.8) is 0 Å². The number of hydrogen-bond donors (Lipinski definition) is 3. The van der Waals surface area contributed by atoms with E-state index in [1.807, 2.05) is 0 Å². The summed E-state index contributed by atoms with van der Waals surface area (Å²) in [4.78, 5) is 0. The SMILES string of the molecule is CCCCCCCCCCCCN.OCCCCCCO. The first kappa shape index (κ1) is 23.2. The molecule has 0 aromatic heterocycles. The Bertz CT molecular complexity index is 138. The normalized spacial score (nSPS) is 10.3. The zero-order valence-corrected chi connectivity index (χ0v) is 14.5. The van der Waals surface area contributed by atoms with Crippen LogP contribution in [0.25, 0.3) is 0 Å². The smallest absolute Gasteiger partial charge is 0.0431 e. The Morgan fingerprint density at radius 2 is 0.857 bits per heavy atom. The standard InChI is InChI=1S/C12H27N.C6H14O2/c1-2-3-4-5-6-7-8-9-10-11-12-13;7-5-3-1-2-4-6-8/h2-13H2,1H3;7-8H,1-6H2. The van der Waals surface area contributed by atoms with Crippen molar-refractivity contribution in [2.75, 3.05) is 19.8 Å². The maximum Gasteiger partial charge on any atom is 0.0431 e. The molecule has 0 bridgehead atoms. The summed E-state index contributed by atoms with van der Waals surface area (Å²) in [5.74, 6) is 0. The fraction of sp³-hybridized carbons (Fsp3) is 1.00. The quantitative estimate of drug-likeness (QED) is 0.393. The van der Waals surface area contributed by atoms with E-state index in [1.165, 1.54) is 64.2 Å². The minimum absolute atomic E-state index is 0.283. The topological polar surface area (TPSA) is 66.5 Å². The van der Waals surface area contributed by atoms with Crippen molar-refractivity contribution in [3.05, 3.63) is 0 Å². The van der Waals surface area contributed by atoms with Gasteiger partial charge < -0.3 is 15.9 Å². The summed E-state index contributed by atoms with van der Waals surface area (Å²) in [6.07, 6.45) is 17.8. The van der Waals surface area contributed by atoms with Crippen LogP contribution < -0.4 is 5.73 Å². The second kappa shape index (κ2) is 24.9. The fourth-order valence-electron chi connectivity index (χ4n) is 2.21. The average Bonchev–Trinajstić information content (AvgIpc) is 2.51. The van der Waals surface area contributed by atoms with E-state index in [1.54, 1.807) is 0 Å². The molecule has 0 heterocycles. The zero-order chi connectivity index (χ0) is 16.0. The van der Waals surface area contributed by atoms with Gasteiger partial charge in [0.2, 0.25) is 0 Å². The molecule has 0 saturated heterocycles. The Morgan fingerprint density at radius 1 is 0.524 bits per heavy atom. The van der Waals surface area contributed by atoms with E-state index in [4.69, 9.17) is 15.9 Å². The molecule has 3 heteroatoms. The lowest BCUT2D eigenvalue weighted by molar-refractivity contribution is 0.265. The highest BCUT2D eigenvalue weighted by molar-refractivity contribution is 4.47. The van der Waals surface area contributed by atoms with Crippen molar-refractivity contribution in [2.24, 2.45) is 5.73 Å². The van der Waals surface area contributed by atoms with Gasteiger partial charge in [-0.05, 0) is 25.8 Å². The summed E-state index contributed by atoms with van der Waals surface area (Å²) in [7, 11) is 0. The first-order valence-electron chi connectivity index (χ1n) is 9.25. The Kier molecular flexibility index (Phi) is 27.4. The maximum atomic E-state index is 8.30. The van der Waals surface area contributed by atoms with Gasteiger partial charge in [0, 0.05) is 13.2 Å². The van der Waals surface area contributed by atoms with E-state index in [9.17, 15) is 0 Å². The molecule has 0 saturated carbocycles. The fourth-order valence-corrected chi connectivity index (χ4v) is 2.21. The summed E-state index contributed by atoms with van der Waals surface area (Å²) in [5.41, 5.74) is 5.42. The molecule has 3 nitrogen and oxygen atoms in total. The summed E-state index contributed by atoms with van der Waals surface area (Å²) >= 11 is 0. The molecule has 130 valence electrons. The molecule has 0 rings (SSSR count). The molecule has 0 amide bonds. The highest BCUT2D eigenvalue weighted by Crippen LogP contribution is 2.09. The van der Waals surface area contributed by atoms with Crippen LogP contribution >= 0.6 is 0 Å². The minimum Gasteiger partial charge on any atom is -0.396 e. The number of nitrogens with two attached hydrogens (primary N) is 1. The second-order valence-corrected chi connectivity index (χ2v) is 5.83. The predicted octanol–water partition coefficient (Wildman–Crippen LogP) is 4.40. The van der Waals surface area contributed by atoms with Crippen LogP contribution in [0.5, 0.6) is 0 Å². The van der Waals surface area contributed by atoms with Crippen LogP contribution in [0.4, 0.5) is 0 Å². The summed E-state index contributed by atoms with van der Waals surface area (Å²) in [6, 6.07) is 0. The molecule has 0 aliphatic heterocycles. The molecule has 0 aliphatic carbocycles. The summed E-state index contributed by atoms with van der Waals surface area (Å²) in [6.45, 7) is 3.71. The van der Waals surface area contributed by atoms with Crippen LogP contribution in [0.1, 0.15) is 96.8 Å². The van der Waals surface area contributed by atoms with Gasteiger partial charge in [-0.15, -0.1) is 0 Å². The first-order chi connectivity index (χ1) is 10.3. The second-order valence-electron chi connectivity index (χ2n) is 5.83. The van der Waals surface area contributed by atoms with Crippen molar-refractivity contribution in [1.29, 1.82) is 0 Å². The van der Waals surface area contributed by atoms with Gasteiger partial charge in [0.05, 0.1) is 0 Å². The van der Waals surface area contributed by atoms with Gasteiger partial charge in [0.15, 0.2) is 0 Å². The third-order valence-electron chi connectivity index (χ3n) is 3.62. The van der Waals surface area contributed by atoms with Gasteiger partial charge in [0.1, 0.15) is 0 Å². The molecule has 0 unspecified atom stereocenters. The van der Waals surface area contributed by atoms with E-state index in [0.717, 1.165) is 32.2 Å². The molecule has 0 aliphatic rings. The third-order valence-corrected chi connectivity index (χ3v) is 3.62. The van der Waals surface area contributed by atoms with Gasteiger partial charge in [-0.1, -0.05) is 77.6 Å². The minimum atomic E-state index is 0.283. The molecular formula is C18H41NO2. The van der Waals surface area contributed by atoms with Crippen molar-refractivity contribution < 1.29 is 10.2 Å². The van der Waals surface area contributed by atoms with Crippen molar-refractivity contribution in [1.82, 2.24) is 0 Å². The Morgan fingerprint density at radius 3 is 1.19 bits per heavy atom. The van der Waals surface area contributed by atoms with Crippen LogP contribution in [-0.2, 0) is 0 Å². The molecule has 0 spiro atoms. The van der Waals surface area contributed by atoms with Gasteiger partial charge >= 0.3 is 0 Å². The monoisotopic (exact) mass is 303 g/mol. The van der Waals surface area contributed by atoms with Gasteiger partial charge in [-0.25, -0.2) is 0 Å². The highest BCUT2D eigenvalue weighted by atomic mass is 16.3. The number of aliphatic hydroxyl groups is 2. The molecule has 4 N–H and O–H groups in total. The Balaban J connectivity index is 0. The van der Waals surface area contributed by atoms with E-state index in [0.29, 0.717) is 0 Å². The number of hydrogen-bond acceptors (Lipinski definition) is 3. The van der Waals surface area contributed by atoms with E-state index in [2.05, 4.69) is 6.92 Å². The average molecular weight is 304 g/mol. The third kappa shape index (κ3) is 28.7. The zero-order valence-electron chi connectivity index (χ0n) is 14.5. The van der Waals surface area contributed by atoms with Crippen LogP contribution in [0, 0.1) is 0 Å². The van der Waals surface area contributed by atoms with Gasteiger partial charge in [-0.2, -0.15) is 0 Å². The molecule has 0 aromatic carbocycles. The Hall–Kier alpha value is -0.120. The van der Waals surface area contributed by atoms with E-state index in [-0.39, 0.29) is 13.2 Å². The predicted molar refractivity (Wildman–Crippen MR) is 93.5 cm³/mol. The molecule has 0 radical (unpaired) electrons. The van der Waals surface area contributed by atoms with Crippen molar-refractivity contribution in [3.8, 4) is 0 Å². The molecule has 0 fully saturated rings. The number of rotatable bonds is 15. The number of aliphatic hydroxyl groups excluding tert-OH is 2. The van der Waals surface area contributed by atoms with Crippen LogP contribution in [0.15, 0.2) is 0 Å². The van der Waals surface area contributed by atoms with Crippen LogP contribution in [0.2, 0.25) is 0 Å². The lowest BCUT2D eigenvalue weighted by Gasteiger charge is -2.00. The lowest BCUT2D eigenvalue weighted by Crippen LogP contribution is -1.97. The maximum absolute atomic E-state index is 8.30. The van der Waals surface area contributed by atoms with Crippen molar-refractivity contribution >= 4 is 0 Å². The van der Waals surface area contributed by atoms with Gasteiger partial charge in [0.25, 0.3) is 0 Å². The highest BCUT2D eigenvalue weighted by Gasteiger charge is 1.91. The largest absolute Gasteiger partial charge is 0.396 e. The molecule has 21 heavy (non-hydrogen) atoms. The lowest BCUT2D eigenvalue weighted by atomic mass is 10.1. The van der Waals surface area contributed by atoms with Gasteiger partial charge in [-0.3, -0.25) is 0 Å².